The van der Waals surface area contributed by atoms with E-state index in [4.69, 9.17) is 5.73 Å². The van der Waals surface area contributed by atoms with E-state index in [2.05, 4.69) is 24.1 Å². The van der Waals surface area contributed by atoms with Crippen molar-refractivity contribution in [1.82, 2.24) is 4.90 Å². The molecule has 0 spiro atoms. The van der Waals surface area contributed by atoms with E-state index < -0.39 is 0 Å². The van der Waals surface area contributed by atoms with Gasteiger partial charge in [0.05, 0.1) is 6.04 Å². The van der Waals surface area contributed by atoms with E-state index in [9.17, 15) is 4.79 Å². The van der Waals surface area contributed by atoms with Crippen LogP contribution in [0.2, 0.25) is 0 Å². The number of benzene rings is 1. The highest BCUT2D eigenvalue weighted by molar-refractivity contribution is 5.94. The van der Waals surface area contributed by atoms with E-state index in [0.29, 0.717) is 11.6 Å². The molecule has 0 aliphatic heterocycles. The Balaban J connectivity index is 2.52. The van der Waals surface area contributed by atoms with Gasteiger partial charge in [-0.2, -0.15) is 0 Å². The Morgan fingerprint density at radius 3 is 2.63 bits per heavy atom. The number of rotatable bonds is 6. The van der Waals surface area contributed by atoms with Gasteiger partial charge in [-0.05, 0) is 51.1 Å². The quantitative estimate of drug-likeness (QED) is 0.776. The average Bonchev–Trinajstić information content (AvgIpc) is 2.34. The molecule has 19 heavy (non-hydrogen) atoms. The molecule has 1 aromatic rings. The Bertz CT molecular complexity index is 418. The number of nitrogens with one attached hydrogen (secondary N) is 1. The van der Waals surface area contributed by atoms with Crippen LogP contribution in [0.25, 0.3) is 0 Å². The predicted molar refractivity (Wildman–Crippen MR) is 81.0 cm³/mol. The molecule has 1 amide bonds. The van der Waals surface area contributed by atoms with Crippen molar-refractivity contribution in [2.75, 3.05) is 24.6 Å². The van der Waals surface area contributed by atoms with Gasteiger partial charge in [0, 0.05) is 11.4 Å². The van der Waals surface area contributed by atoms with Crippen LogP contribution in [0, 0.1) is 5.92 Å². The molecule has 1 aromatic carbocycles. The van der Waals surface area contributed by atoms with Gasteiger partial charge in [-0.3, -0.25) is 9.69 Å². The molecule has 0 saturated heterocycles. The third kappa shape index (κ3) is 5.30. The molecular formula is C15H25N3O. The molecule has 1 unspecified atom stereocenters. The van der Waals surface area contributed by atoms with E-state index in [1.54, 1.807) is 12.1 Å². The summed E-state index contributed by atoms with van der Waals surface area (Å²) in [6.07, 6.45) is 1.09. The number of nitrogens with zero attached hydrogens (tertiary/aromatic N) is 1. The fraction of sp³-hybridized carbons (Fsp3) is 0.533. The monoisotopic (exact) mass is 263 g/mol. The Morgan fingerprint density at radius 2 is 2.05 bits per heavy atom. The highest BCUT2D eigenvalue weighted by Crippen LogP contribution is 2.13. The van der Waals surface area contributed by atoms with Gasteiger partial charge < -0.3 is 11.1 Å². The topological polar surface area (TPSA) is 58.4 Å². The van der Waals surface area contributed by atoms with Gasteiger partial charge in [0.25, 0.3) is 0 Å². The summed E-state index contributed by atoms with van der Waals surface area (Å²) in [5, 5.41) is 2.89. The second kappa shape index (κ2) is 7.14. The van der Waals surface area contributed by atoms with Gasteiger partial charge in [0.2, 0.25) is 5.91 Å². The van der Waals surface area contributed by atoms with Crippen LogP contribution in [-0.4, -0.2) is 30.4 Å². The van der Waals surface area contributed by atoms with E-state index in [1.807, 2.05) is 26.1 Å². The summed E-state index contributed by atoms with van der Waals surface area (Å²) in [5.41, 5.74) is 7.09. The Kier molecular flexibility index (Phi) is 5.83. The Morgan fingerprint density at radius 1 is 1.37 bits per heavy atom. The first-order valence-corrected chi connectivity index (χ1v) is 6.76. The summed E-state index contributed by atoms with van der Waals surface area (Å²) in [6.45, 7) is 7.21. The first-order chi connectivity index (χ1) is 8.90. The van der Waals surface area contributed by atoms with Gasteiger partial charge in [-0.25, -0.2) is 0 Å². The van der Waals surface area contributed by atoms with Crippen molar-refractivity contribution < 1.29 is 4.79 Å². The lowest BCUT2D eigenvalue weighted by Crippen LogP contribution is -2.40. The number of likely N-dealkylation sites (N-methyl/N-ethyl adjacent to an activating group) is 1. The van der Waals surface area contributed by atoms with Crippen LogP contribution in [0.1, 0.15) is 27.2 Å². The van der Waals surface area contributed by atoms with Gasteiger partial charge in [-0.1, -0.05) is 19.9 Å². The van der Waals surface area contributed by atoms with Crippen molar-refractivity contribution in [2.45, 2.75) is 33.2 Å². The van der Waals surface area contributed by atoms with Crippen molar-refractivity contribution in [3.8, 4) is 0 Å². The van der Waals surface area contributed by atoms with Crippen LogP contribution in [0.5, 0.6) is 0 Å². The molecule has 0 aliphatic rings. The second-order valence-electron chi connectivity index (χ2n) is 5.45. The molecule has 0 fully saturated rings. The highest BCUT2D eigenvalue weighted by Gasteiger charge is 2.18. The van der Waals surface area contributed by atoms with Gasteiger partial charge in [0.15, 0.2) is 0 Å². The zero-order chi connectivity index (χ0) is 14.4. The minimum absolute atomic E-state index is 0.00291. The fourth-order valence-electron chi connectivity index (χ4n) is 1.72. The number of nitrogens with two attached hydrogens (primary N) is 1. The lowest BCUT2D eigenvalue weighted by molar-refractivity contribution is -0.120. The first kappa shape index (κ1) is 15.5. The first-order valence-electron chi connectivity index (χ1n) is 6.76. The standard InChI is InChI=1S/C15H25N3O/c1-11(2)8-9-18(4)12(3)15(19)17-14-7-5-6-13(16)10-14/h5-7,10-12H,8-9,16H2,1-4H3,(H,17,19). The molecular weight excluding hydrogens is 238 g/mol. The van der Waals surface area contributed by atoms with Crippen molar-refractivity contribution in [3.05, 3.63) is 24.3 Å². The smallest absolute Gasteiger partial charge is 0.241 e. The fourth-order valence-corrected chi connectivity index (χ4v) is 1.72. The third-order valence-corrected chi connectivity index (χ3v) is 3.25. The summed E-state index contributed by atoms with van der Waals surface area (Å²) in [5.74, 6) is 0.642. The number of hydrogen-bond acceptors (Lipinski definition) is 3. The maximum absolute atomic E-state index is 12.1. The number of nitrogen functional groups attached to an aromatic ring is 1. The summed E-state index contributed by atoms with van der Waals surface area (Å²) in [4.78, 5) is 14.2. The molecule has 4 heteroatoms. The summed E-state index contributed by atoms with van der Waals surface area (Å²) < 4.78 is 0. The largest absolute Gasteiger partial charge is 0.399 e. The molecule has 1 rings (SSSR count). The molecule has 0 heterocycles. The second-order valence-corrected chi connectivity index (χ2v) is 5.45. The van der Waals surface area contributed by atoms with Crippen molar-refractivity contribution in [3.63, 3.8) is 0 Å². The maximum atomic E-state index is 12.1. The van der Waals surface area contributed by atoms with Gasteiger partial charge >= 0.3 is 0 Å². The van der Waals surface area contributed by atoms with Crippen molar-refractivity contribution >= 4 is 17.3 Å². The zero-order valence-corrected chi connectivity index (χ0v) is 12.3. The van der Waals surface area contributed by atoms with Crippen LogP contribution < -0.4 is 11.1 Å². The molecule has 0 aromatic heterocycles. The van der Waals surface area contributed by atoms with E-state index in [0.717, 1.165) is 18.7 Å². The molecule has 0 aliphatic carbocycles. The molecule has 106 valence electrons. The van der Waals surface area contributed by atoms with Gasteiger partial charge in [0.1, 0.15) is 0 Å². The van der Waals surface area contributed by atoms with Crippen LogP contribution in [0.15, 0.2) is 24.3 Å². The summed E-state index contributed by atoms with van der Waals surface area (Å²) in [7, 11) is 1.98. The van der Waals surface area contributed by atoms with E-state index in [1.165, 1.54) is 0 Å². The molecule has 0 saturated carbocycles. The van der Waals surface area contributed by atoms with Crippen LogP contribution in [0.3, 0.4) is 0 Å². The molecule has 1 atom stereocenters. The van der Waals surface area contributed by atoms with Crippen LogP contribution in [0.4, 0.5) is 11.4 Å². The lowest BCUT2D eigenvalue weighted by Gasteiger charge is -2.24. The highest BCUT2D eigenvalue weighted by atomic mass is 16.2. The van der Waals surface area contributed by atoms with Crippen molar-refractivity contribution in [2.24, 2.45) is 5.92 Å². The molecule has 0 bridgehead atoms. The minimum atomic E-state index is -0.153. The van der Waals surface area contributed by atoms with Crippen LogP contribution in [-0.2, 0) is 4.79 Å². The average molecular weight is 263 g/mol. The molecule has 3 N–H and O–H groups in total. The molecule has 4 nitrogen and oxygen atoms in total. The Hall–Kier alpha value is -1.55. The predicted octanol–water partition coefficient (Wildman–Crippen LogP) is 2.57. The van der Waals surface area contributed by atoms with E-state index >= 15 is 0 Å². The third-order valence-electron chi connectivity index (χ3n) is 3.25. The number of carbonyl (C=O) groups is 1. The number of carbonyl (C=O) groups excluding carboxylic acids is 1. The van der Waals surface area contributed by atoms with Crippen molar-refractivity contribution in [1.29, 1.82) is 0 Å². The summed E-state index contributed by atoms with van der Waals surface area (Å²) >= 11 is 0. The molecule has 0 radical (unpaired) electrons. The number of amides is 1. The number of hydrogen-bond donors (Lipinski definition) is 2. The SMILES string of the molecule is CC(C)CCN(C)C(C)C(=O)Nc1cccc(N)c1. The normalized spacial score (nSPS) is 12.7. The van der Waals surface area contributed by atoms with E-state index in [-0.39, 0.29) is 11.9 Å². The van der Waals surface area contributed by atoms with Gasteiger partial charge in [-0.15, -0.1) is 0 Å². The number of anilines is 2. The maximum Gasteiger partial charge on any atom is 0.241 e. The Labute approximate surface area is 116 Å². The minimum Gasteiger partial charge on any atom is -0.399 e. The lowest BCUT2D eigenvalue weighted by atomic mass is 10.1. The zero-order valence-electron chi connectivity index (χ0n) is 12.3. The van der Waals surface area contributed by atoms with Crippen LogP contribution >= 0.6 is 0 Å². The summed E-state index contributed by atoms with van der Waals surface area (Å²) in [6, 6.07) is 7.08.